The minimum atomic E-state index is -0.542. The van der Waals surface area contributed by atoms with Gasteiger partial charge in [-0.05, 0) is 97.9 Å². The fraction of sp³-hybridized carbons (Fsp3) is 0.516. The van der Waals surface area contributed by atoms with Crippen molar-refractivity contribution in [2.45, 2.75) is 71.2 Å². The van der Waals surface area contributed by atoms with Crippen LogP contribution in [0.15, 0.2) is 53.6 Å². The smallest absolute Gasteiger partial charge is 0.129 e. The number of aliphatic hydroxyl groups is 1. The fourth-order valence-electron chi connectivity index (χ4n) is 6.24. The van der Waals surface area contributed by atoms with Gasteiger partial charge in [0.2, 0.25) is 0 Å². The maximum Gasteiger partial charge on any atom is 0.129 e. The molecule has 2 aliphatic carbocycles. The number of aliphatic hydroxyl groups excluding tert-OH is 1. The number of rotatable bonds is 7. The number of fused-ring (bicyclic) bond motifs is 1. The number of ether oxygens (including phenoxy) is 1. The van der Waals surface area contributed by atoms with Gasteiger partial charge in [-0.2, -0.15) is 5.10 Å². The number of likely N-dealkylation sites (tertiary alicyclic amines) is 1. The van der Waals surface area contributed by atoms with E-state index in [2.05, 4.69) is 41.5 Å². The summed E-state index contributed by atoms with van der Waals surface area (Å²) in [5.74, 6) is 3.14. The Balaban J connectivity index is 1.07. The molecule has 5 nitrogen and oxygen atoms in total. The van der Waals surface area contributed by atoms with Crippen molar-refractivity contribution < 1.29 is 9.84 Å². The molecule has 3 fully saturated rings. The van der Waals surface area contributed by atoms with Crippen LogP contribution < -0.4 is 0 Å². The van der Waals surface area contributed by atoms with Gasteiger partial charge in [-0.3, -0.25) is 0 Å². The summed E-state index contributed by atoms with van der Waals surface area (Å²) >= 11 is 8.36. The number of nitrogens with zero attached hydrogens (tertiary/aromatic N) is 3. The lowest BCUT2D eigenvalue weighted by Gasteiger charge is -2.30. The number of halogens is 1. The maximum atomic E-state index is 9.97. The zero-order chi connectivity index (χ0) is 26.2. The Morgan fingerprint density at radius 3 is 2.68 bits per heavy atom. The quantitative estimate of drug-likeness (QED) is 0.386. The Morgan fingerprint density at radius 1 is 1.21 bits per heavy atom. The Bertz CT molecular complexity index is 1250. The van der Waals surface area contributed by atoms with Gasteiger partial charge in [-0.1, -0.05) is 48.5 Å². The molecule has 2 aromatic rings. The molecule has 1 aromatic heterocycles. The van der Waals surface area contributed by atoms with Crippen molar-refractivity contribution in [1.82, 2.24) is 14.7 Å². The number of thioether (sulfide) groups is 1. The molecule has 1 aromatic carbocycles. The lowest BCUT2D eigenvalue weighted by atomic mass is 9.92. The van der Waals surface area contributed by atoms with Crippen LogP contribution in [0, 0.1) is 17.8 Å². The average molecular weight is 552 g/mol. The van der Waals surface area contributed by atoms with E-state index < -0.39 is 6.10 Å². The van der Waals surface area contributed by atoms with E-state index >= 15 is 0 Å². The Hall–Kier alpha value is -1.99. The molecule has 1 N–H and O–H groups in total. The van der Waals surface area contributed by atoms with E-state index in [4.69, 9.17) is 21.4 Å². The van der Waals surface area contributed by atoms with Crippen LogP contribution in [0.1, 0.15) is 75.3 Å². The third kappa shape index (κ3) is 5.51. The average Bonchev–Trinajstić information content (AvgIpc) is 3.55. The first-order valence-corrected chi connectivity index (χ1v) is 15.3. The van der Waals surface area contributed by atoms with Gasteiger partial charge in [-0.25, -0.2) is 4.68 Å². The third-order valence-corrected chi connectivity index (χ3v) is 9.86. The molecule has 0 spiro atoms. The van der Waals surface area contributed by atoms with Crippen LogP contribution in [0.5, 0.6) is 0 Å². The first-order valence-electron chi connectivity index (χ1n) is 14.1. The van der Waals surface area contributed by atoms with Crippen molar-refractivity contribution in [1.29, 1.82) is 0 Å². The summed E-state index contributed by atoms with van der Waals surface area (Å²) in [7, 11) is 0. The van der Waals surface area contributed by atoms with Gasteiger partial charge in [0.25, 0.3) is 0 Å². The normalized spacial score (nSPS) is 27.6. The highest BCUT2D eigenvalue weighted by molar-refractivity contribution is 8.10. The van der Waals surface area contributed by atoms with Gasteiger partial charge in [0.05, 0.1) is 24.5 Å². The summed E-state index contributed by atoms with van der Waals surface area (Å²) in [6.45, 7) is 6.78. The zero-order valence-corrected chi connectivity index (χ0v) is 23.9. The molecular weight excluding hydrogens is 514 g/mol. The zero-order valence-electron chi connectivity index (χ0n) is 22.4. The van der Waals surface area contributed by atoms with Crippen LogP contribution in [-0.4, -0.2) is 39.0 Å². The number of hydrogen-bond acceptors (Lipinski definition) is 5. The van der Waals surface area contributed by atoms with E-state index in [0.717, 1.165) is 61.5 Å². The topological polar surface area (TPSA) is 50.5 Å². The Kier molecular flexibility index (Phi) is 7.77. The summed E-state index contributed by atoms with van der Waals surface area (Å²) in [5, 5.41) is 17.7. The van der Waals surface area contributed by atoms with Crippen molar-refractivity contribution in [3.63, 3.8) is 0 Å². The lowest BCUT2D eigenvalue weighted by Crippen LogP contribution is -2.28. The predicted molar refractivity (Wildman–Crippen MR) is 156 cm³/mol. The highest BCUT2D eigenvalue weighted by Crippen LogP contribution is 2.44. The van der Waals surface area contributed by atoms with E-state index in [-0.39, 0.29) is 0 Å². The molecule has 3 heterocycles. The monoisotopic (exact) mass is 551 g/mol. The molecule has 2 saturated carbocycles. The van der Waals surface area contributed by atoms with Gasteiger partial charge in [0.15, 0.2) is 0 Å². The second-order valence-electron chi connectivity index (χ2n) is 11.5. The first kappa shape index (κ1) is 26.2. The van der Waals surface area contributed by atoms with Crippen molar-refractivity contribution in [2.24, 2.45) is 17.8 Å². The fourth-order valence-corrected chi connectivity index (χ4v) is 7.50. The molecule has 38 heavy (non-hydrogen) atoms. The van der Waals surface area contributed by atoms with Crippen molar-refractivity contribution in [2.75, 3.05) is 13.1 Å². The highest BCUT2D eigenvalue weighted by Gasteiger charge is 2.43. The van der Waals surface area contributed by atoms with Gasteiger partial charge >= 0.3 is 0 Å². The molecule has 3 unspecified atom stereocenters. The second kappa shape index (κ2) is 11.2. The standard InChI is InChI=1S/C31H38ClN3O2S/c1-20-6-9-30(38-13-11-20)27-14-22(7-8-28(27)32)19-37-26-15-24-17-34(18-25(24)16-26)31(23-4-3-5-23)35-12-10-29(33-35)21(2)36/h7-14,20-21,24-26,36H,3-6,15-19H2,1-2H3/t20?,21?,24-,25+,26?. The summed E-state index contributed by atoms with van der Waals surface area (Å²) in [6, 6.07) is 8.27. The molecule has 4 aliphatic rings. The summed E-state index contributed by atoms with van der Waals surface area (Å²) in [6.07, 6.45) is 13.2. The van der Waals surface area contributed by atoms with E-state index in [9.17, 15) is 5.11 Å². The number of aromatic nitrogens is 2. The second-order valence-corrected chi connectivity index (χ2v) is 12.9. The van der Waals surface area contributed by atoms with Gasteiger partial charge in [-0.15, -0.1) is 0 Å². The van der Waals surface area contributed by atoms with E-state index in [1.807, 2.05) is 23.0 Å². The molecule has 0 radical (unpaired) electrons. The molecule has 0 bridgehead atoms. The van der Waals surface area contributed by atoms with Crippen molar-refractivity contribution >= 4 is 34.1 Å². The van der Waals surface area contributed by atoms with Gasteiger partial charge in [0, 0.05) is 34.8 Å². The maximum absolute atomic E-state index is 9.97. The molecule has 5 atom stereocenters. The molecular formula is C31H38ClN3O2S. The molecule has 7 heteroatoms. The summed E-state index contributed by atoms with van der Waals surface area (Å²) < 4.78 is 8.50. The van der Waals surface area contributed by atoms with Crippen LogP contribution in [0.25, 0.3) is 10.7 Å². The predicted octanol–water partition coefficient (Wildman–Crippen LogP) is 7.50. The van der Waals surface area contributed by atoms with Crippen molar-refractivity contribution in [3.05, 3.63) is 75.4 Å². The van der Waals surface area contributed by atoms with Crippen LogP contribution in [0.4, 0.5) is 0 Å². The van der Waals surface area contributed by atoms with Gasteiger partial charge in [0.1, 0.15) is 5.82 Å². The minimum Gasteiger partial charge on any atom is -0.387 e. The van der Waals surface area contributed by atoms with Crippen molar-refractivity contribution in [3.8, 4) is 0 Å². The van der Waals surface area contributed by atoms with Gasteiger partial charge < -0.3 is 14.7 Å². The molecule has 202 valence electrons. The van der Waals surface area contributed by atoms with E-state index in [1.165, 1.54) is 28.3 Å². The minimum absolute atomic E-state index is 0.313. The third-order valence-electron chi connectivity index (χ3n) is 8.59. The van der Waals surface area contributed by atoms with Crippen LogP contribution in [0.3, 0.4) is 0 Å². The van der Waals surface area contributed by atoms with E-state index in [0.29, 0.717) is 30.5 Å². The summed E-state index contributed by atoms with van der Waals surface area (Å²) in [5.41, 5.74) is 4.55. The lowest BCUT2D eigenvalue weighted by molar-refractivity contribution is 0.0386. The van der Waals surface area contributed by atoms with Crippen LogP contribution in [0.2, 0.25) is 5.02 Å². The molecule has 1 saturated heterocycles. The Morgan fingerprint density at radius 2 is 2.00 bits per heavy atom. The number of benzene rings is 1. The highest BCUT2D eigenvalue weighted by atomic mass is 35.5. The Labute approximate surface area is 235 Å². The largest absolute Gasteiger partial charge is 0.387 e. The number of hydrogen-bond donors (Lipinski definition) is 1. The number of allylic oxidation sites excluding steroid dienone is 3. The molecule has 2 aliphatic heterocycles. The van der Waals surface area contributed by atoms with Crippen LogP contribution in [-0.2, 0) is 11.3 Å². The molecule has 0 amide bonds. The molecule has 6 rings (SSSR count). The van der Waals surface area contributed by atoms with E-state index in [1.54, 1.807) is 18.7 Å². The first-order chi connectivity index (χ1) is 18.4. The summed E-state index contributed by atoms with van der Waals surface area (Å²) in [4.78, 5) is 3.79. The van der Waals surface area contributed by atoms with Crippen LogP contribution >= 0.6 is 23.4 Å². The SMILES string of the molecule is CC1C=CSC(c2cc(COC3C[C@@H]4CN(C(=C5CCC5)n5ccc(C(C)O)n5)C[C@@H]4C3)ccc2Cl)=CC1.